The Morgan fingerprint density at radius 1 is 0.968 bits per heavy atom. The molecule has 2 aliphatic heterocycles. The van der Waals surface area contributed by atoms with Crippen LogP contribution >= 0.6 is 0 Å². The highest BCUT2D eigenvalue weighted by molar-refractivity contribution is 6.08. The van der Waals surface area contributed by atoms with Gasteiger partial charge < -0.3 is 33.6 Å². The number of rotatable bonds is 4. The third kappa shape index (κ3) is 2.76. The van der Waals surface area contributed by atoms with Crippen LogP contribution in [0.4, 0.5) is 0 Å². The van der Waals surface area contributed by atoms with Crippen molar-refractivity contribution >= 4 is 11.7 Å². The van der Waals surface area contributed by atoms with E-state index < -0.39 is 17.8 Å². The smallest absolute Gasteiger partial charge is 0.310 e. The first-order valence-corrected chi connectivity index (χ1v) is 9.73. The summed E-state index contributed by atoms with van der Waals surface area (Å²) < 4.78 is 33.0. The fourth-order valence-corrected chi connectivity index (χ4v) is 4.78. The molecule has 3 aliphatic rings. The van der Waals surface area contributed by atoms with Crippen LogP contribution in [0.3, 0.4) is 0 Å². The van der Waals surface area contributed by atoms with Gasteiger partial charge in [0, 0.05) is 11.5 Å². The molecule has 0 amide bonds. The molecule has 0 saturated carbocycles. The van der Waals surface area contributed by atoms with Crippen LogP contribution in [0.5, 0.6) is 28.7 Å². The van der Waals surface area contributed by atoms with Gasteiger partial charge in [-0.25, -0.2) is 0 Å². The normalized spacial score (nSPS) is 24.4. The molecule has 162 valence electrons. The number of nitrogens with zero attached hydrogens (tertiary/aromatic N) is 1. The number of hydrogen-bond acceptors (Lipinski definition) is 9. The summed E-state index contributed by atoms with van der Waals surface area (Å²) in [5.74, 6) is 0.782. The van der Waals surface area contributed by atoms with Gasteiger partial charge in [0.2, 0.25) is 12.5 Å². The molecule has 31 heavy (non-hydrogen) atoms. The van der Waals surface area contributed by atoms with Crippen LogP contribution < -0.4 is 23.7 Å². The molecule has 9 nitrogen and oxygen atoms in total. The third-order valence-corrected chi connectivity index (χ3v) is 6.13. The lowest BCUT2D eigenvalue weighted by Gasteiger charge is -2.34. The van der Waals surface area contributed by atoms with Crippen molar-refractivity contribution < 1.29 is 38.4 Å². The van der Waals surface area contributed by atoms with E-state index in [0.29, 0.717) is 40.0 Å². The number of carbonyl (C=O) groups excluding carboxylic acids is 1. The molecule has 0 spiro atoms. The van der Waals surface area contributed by atoms with Crippen molar-refractivity contribution in [3.05, 3.63) is 41.0 Å². The molecule has 1 saturated heterocycles. The molecule has 0 aromatic heterocycles. The van der Waals surface area contributed by atoms with Crippen LogP contribution in [-0.2, 0) is 9.53 Å². The van der Waals surface area contributed by atoms with Crippen LogP contribution in [0.25, 0.3) is 0 Å². The monoisotopic (exact) mass is 427 g/mol. The minimum atomic E-state index is -0.582. The number of oxime groups is 1. The van der Waals surface area contributed by atoms with Crippen LogP contribution in [0.2, 0.25) is 0 Å². The number of fused-ring (bicyclic) bond motifs is 3. The van der Waals surface area contributed by atoms with Crippen molar-refractivity contribution in [2.45, 2.75) is 5.92 Å². The number of benzene rings is 2. The first-order valence-electron chi connectivity index (χ1n) is 9.73. The lowest BCUT2D eigenvalue weighted by molar-refractivity contribution is -0.141. The highest BCUT2D eigenvalue weighted by Crippen LogP contribution is 2.52. The van der Waals surface area contributed by atoms with E-state index in [1.165, 1.54) is 21.3 Å². The summed E-state index contributed by atoms with van der Waals surface area (Å²) in [5.41, 5.74) is 2.63. The molecule has 0 bridgehead atoms. The Morgan fingerprint density at radius 3 is 2.26 bits per heavy atom. The number of esters is 1. The SMILES string of the molecule is COc1cc([C@@H]2c3cc4c(cc3/C(=N/O)C3COC(=O)[C@@H]32)OCO4)cc(OC)c1OC. The summed E-state index contributed by atoms with van der Waals surface area (Å²) in [4.78, 5) is 12.8. The molecule has 5 rings (SSSR count). The molecule has 1 unspecified atom stereocenters. The minimum Gasteiger partial charge on any atom is -0.493 e. The van der Waals surface area contributed by atoms with Crippen molar-refractivity contribution in [3.8, 4) is 28.7 Å². The van der Waals surface area contributed by atoms with Crippen LogP contribution in [-0.4, -0.2) is 51.6 Å². The van der Waals surface area contributed by atoms with Crippen molar-refractivity contribution in [3.63, 3.8) is 0 Å². The number of ether oxygens (including phenoxy) is 6. The predicted molar refractivity (Wildman–Crippen MR) is 107 cm³/mol. The van der Waals surface area contributed by atoms with E-state index in [2.05, 4.69) is 5.16 Å². The van der Waals surface area contributed by atoms with Gasteiger partial charge in [0.1, 0.15) is 6.61 Å². The van der Waals surface area contributed by atoms with Gasteiger partial charge in [-0.15, -0.1) is 0 Å². The average Bonchev–Trinajstić information content (AvgIpc) is 3.41. The van der Waals surface area contributed by atoms with Gasteiger partial charge in [-0.2, -0.15) is 0 Å². The molecular weight excluding hydrogens is 406 g/mol. The Hall–Kier alpha value is -3.62. The first-order chi connectivity index (χ1) is 15.1. The van der Waals surface area contributed by atoms with Crippen molar-refractivity contribution in [2.24, 2.45) is 17.0 Å². The molecule has 1 N–H and O–H groups in total. The summed E-state index contributed by atoms with van der Waals surface area (Å²) in [5, 5.41) is 13.3. The van der Waals surface area contributed by atoms with Gasteiger partial charge in [-0.05, 0) is 35.4 Å². The van der Waals surface area contributed by atoms with Crippen molar-refractivity contribution in [1.82, 2.24) is 0 Å². The molecule has 2 heterocycles. The van der Waals surface area contributed by atoms with Gasteiger partial charge in [0.15, 0.2) is 23.0 Å². The van der Waals surface area contributed by atoms with Crippen LogP contribution in [0.1, 0.15) is 22.6 Å². The maximum atomic E-state index is 12.8. The van der Waals surface area contributed by atoms with E-state index in [9.17, 15) is 10.0 Å². The zero-order valence-corrected chi connectivity index (χ0v) is 17.2. The average molecular weight is 427 g/mol. The molecule has 2 aromatic carbocycles. The molecule has 0 radical (unpaired) electrons. The van der Waals surface area contributed by atoms with Gasteiger partial charge in [0.25, 0.3) is 0 Å². The maximum Gasteiger partial charge on any atom is 0.310 e. The maximum absolute atomic E-state index is 12.8. The molecule has 1 aliphatic carbocycles. The van der Waals surface area contributed by atoms with Crippen molar-refractivity contribution in [2.75, 3.05) is 34.7 Å². The third-order valence-electron chi connectivity index (χ3n) is 6.13. The lowest BCUT2D eigenvalue weighted by atomic mass is 9.66. The van der Waals surface area contributed by atoms with E-state index in [0.717, 1.165) is 11.1 Å². The predicted octanol–water partition coefficient (Wildman–Crippen LogP) is 2.55. The van der Waals surface area contributed by atoms with Crippen LogP contribution in [0.15, 0.2) is 29.4 Å². The molecular formula is C22H21NO8. The fraction of sp³-hybridized carbons (Fsp3) is 0.364. The number of cyclic esters (lactones) is 1. The Bertz CT molecular complexity index is 1070. The highest BCUT2D eigenvalue weighted by atomic mass is 16.7. The summed E-state index contributed by atoms with van der Waals surface area (Å²) in [6, 6.07) is 7.27. The van der Waals surface area contributed by atoms with Crippen molar-refractivity contribution in [1.29, 1.82) is 0 Å². The zero-order valence-electron chi connectivity index (χ0n) is 17.2. The summed E-state index contributed by atoms with van der Waals surface area (Å²) in [6.45, 7) is 0.241. The number of carbonyl (C=O) groups is 1. The number of methoxy groups -OCH3 is 3. The van der Waals surface area contributed by atoms with Gasteiger partial charge in [-0.1, -0.05) is 5.16 Å². The Morgan fingerprint density at radius 2 is 1.65 bits per heavy atom. The second-order valence-corrected chi connectivity index (χ2v) is 7.48. The fourth-order valence-electron chi connectivity index (χ4n) is 4.78. The van der Waals surface area contributed by atoms with E-state index in [1.54, 1.807) is 6.07 Å². The molecule has 3 atom stereocenters. The summed E-state index contributed by atoms with van der Waals surface area (Å²) in [6.07, 6.45) is 0. The standard InChI is InChI=1S/C22H21NO8/c1-26-16-4-10(5-17(27-2)21(16)28-3)18-11-6-14-15(31-9-30-14)7-12(11)20(23-25)13-8-29-22(24)19(13)18/h4-7,13,18-19,25H,8-9H2,1-3H3/b23-20-/t13?,18-,19+/m1/s1. The Labute approximate surface area is 178 Å². The number of hydrogen-bond donors (Lipinski definition) is 1. The van der Waals surface area contributed by atoms with Crippen LogP contribution in [0, 0.1) is 11.8 Å². The Kier molecular flexibility index (Phi) is 4.53. The molecule has 9 heteroatoms. The second kappa shape index (κ2) is 7.26. The van der Waals surface area contributed by atoms with E-state index >= 15 is 0 Å². The minimum absolute atomic E-state index is 0.105. The second-order valence-electron chi connectivity index (χ2n) is 7.48. The van der Waals surface area contributed by atoms with E-state index in [4.69, 9.17) is 28.4 Å². The highest BCUT2D eigenvalue weighted by Gasteiger charge is 2.51. The van der Waals surface area contributed by atoms with E-state index in [1.807, 2.05) is 18.2 Å². The molecule has 2 aromatic rings. The van der Waals surface area contributed by atoms with Gasteiger partial charge in [0.05, 0.1) is 38.9 Å². The quantitative estimate of drug-likeness (QED) is 0.451. The van der Waals surface area contributed by atoms with Gasteiger partial charge >= 0.3 is 5.97 Å². The largest absolute Gasteiger partial charge is 0.493 e. The lowest BCUT2D eigenvalue weighted by Crippen LogP contribution is -2.36. The zero-order chi connectivity index (χ0) is 21.7. The van der Waals surface area contributed by atoms with E-state index in [-0.39, 0.29) is 19.4 Å². The summed E-state index contributed by atoms with van der Waals surface area (Å²) in [7, 11) is 4.61. The first kappa shape index (κ1) is 19.3. The molecule has 1 fully saturated rings. The van der Waals surface area contributed by atoms with Gasteiger partial charge in [-0.3, -0.25) is 4.79 Å². The topological polar surface area (TPSA) is 105 Å². The Balaban J connectivity index is 1.77. The summed E-state index contributed by atoms with van der Waals surface area (Å²) >= 11 is 0.